The van der Waals surface area contributed by atoms with Gasteiger partial charge in [-0.3, -0.25) is 0 Å². The second kappa shape index (κ2) is 4.94. The molecule has 90 valence electrons. The smallest absolute Gasteiger partial charge is 0.123 e. The number of rotatable bonds is 3. The first-order valence-corrected chi connectivity index (χ1v) is 6.34. The number of aryl methyl sites for hydroxylation is 2. The van der Waals surface area contributed by atoms with Gasteiger partial charge >= 0.3 is 0 Å². The van der Waals surface area contributed by atoms with Crippen LogP contribution in [0.25, 0.3) is 0 Å². The van der Waals surface area contributed by atoms with Crippen LogP contribution in [0.5, 0.6) is 0 Å². The van der Waals surface area contributed by atoms with Gasteiger partial charge in [0, 0.05) is 4.88 Å². The van der Waals surface area contributed by atoms with Crippen molar-refractivity contribution in [1.29, 1.82) is 0 Å². The van der Waals surface area contributed by atoms with Crippen molar-refractivity contribution < 1.29 is 4.39 Å². The number of nitrogens with one attached hydrogen (secondary N) is 1. The van der Waals surface area contributed by atoms with Crippen molar-refractivity contribution in [2.24, 2.45) is 0 Å². The average Bonchev–Trinajstić information content (AvgIpc) is 2.69. The molecule has 1 heterocycles. The fourth-order valence-corrected chi connectivity index (χ4v) is 2.91. The molecule has 1 unspecified atom stereocenters. The second-order valence-electron chi connectivity index (χ2n) is 4.02. The Kier molecular flexibility index (Phi) is 3.54. The summed E-state index contributed by atoms with van der Waals surface area (Å²) in [4.78, 5) is 5.45. The molecule has 0 fully saturated rings. The predicted molar refractivity (Wildman–Crippen MR) is 68.9 cm³/mol. The van der Waals surface area contributed by atoms with Crippen molar-refractivity contribution >= 4 is 11.3 Å². The molecule has 1 N–H and O–H groups in total. The highest BCUT2D eigenvalue weighted by atomic mass is 32.1. The number of halogens is 1. The fraction of sp³-hybridized carbons (Fsp3) is 0.308. The molecule has 0 aliphatic carbocycles. The third kappa shape index (κ3) is 2.37. The molecule has 0 aliphatic heterocycles. The van der Waals surface area contributed by atoms with Gasteiger partial charge in [-0.2, -0.15) is 0 Å². The minimum absolute atomic E-state index is 0.0862. The van der Waals surface area contributed by atoms with Crippen LogP contribution in [0.2, 0.25) is 0 Å². The summed E-state index contributed by atoms with van der Waals surface area (Å²) in [5.74, 6) is -0.192. The lowest BCUT2D eigenvalue weighted by atomic mass is 9.99. The summed E-state index contributed by atoms with van der Waals surface area (Å²) < 4.78 is 13.1. The number of thiazole rings is 1. The third-order valence-electron chi connectivity index (χ3n) is 2.88. The molecule has 2 rings (SSSR count). The average molecular weight is 250 g/mol. The standard InChI is InChI=1S/C13H15FN2S/c1-8-6-10(14)4-5-11(8)12(15-3)13-9(2)16-7-17-13/h4-7,12,15H,1-3H3. The van der Waals surface area contributed by atoms with Crippen molar-refractivity contribution in [3.63, 3.8) is 0 Å². The van der Waals surface area contributed by atoms with Gasteiger partial charge in [0.05, 0.1) is 17.2 Å². The first-order valence-electron chi connectivity index (χ1n) is 5.46. The molecule has 1 aromatic heterocycles. The van der Waals surface area contributed by atoms with Gasteiger partial charge in [0.1, 0.15) is 5.82 Å². The molecule has 1 atom stereocenters. The van der Waals surface area contributed by atoms with Gasteiger partial charge in [-0.15, -0.1) is 11.3 Å². The van der Waals surface area contributed by atoms with Crippen LogP contribution in [0.1, 0.15) is 27.7 Å². The van der Waals surface area contributed by atoms with Crippen molar-refractivity contribution in [1.82, 2.24) is 10.3 Å². The molecule has 0 spiro atoms. The number of hydrogen-bond acceptors (Lipinski definition) is 3. The van der Waals surface area contributed by atoms with Crippen LogP contribution >= 0.6 is 11.3 Å². The summed E-state index contributed by atoms with van der Waals surface area (Å²) in [5, 5.41) is 3.27. The number of benzene rings is 1. The minimum atomic E-state index is -0.192. The van der Waals surface area contributed by atoms with Gasteiger partial charge in [0.25, 0.3) is 0 Å². The first-order chi connectivity index (χ1) is 8.13. The highest BCUT2D eigenvalue weighted by Gasteiger charge is 2.18. The van der Waals surface area contributed by atoms with Crippen molar-refractivity contribution in [3.05, 3.63) is 51.2 Å². The molecule has 2 aromatic rings. The van der Waals surface area contributed by atoms with E-state index < -0.39 is 0 Å². The molecule has 0 saturated heterocycles. The van der Waals surface area contributed by atoms with Crippen LogP contribution in [0.15, 0.2) is 23.7 Å². The van der Waals surface area contributed by atoms with Gasteiger partial charge in [-0.1, -0.05) is 6.07 Å². The molecule has 0 aliphatic rings. The first kappa shape index (κ1) is 12.2. The van der Waals surface area contributed by atoms with E-state index in [1.807, 2.05) is 32.5 Å². The molecule has 2 nitrogen and oxygen atoms in total. The van der Waals surface area contributed by atoms with E-state index in [1.165, 1.54) is 10.9 Å². The van der Waals surface area contributed by atoms with Gasteiger partial charge in [-0.25, -0.2) is 9.37 Å². The summed E-state index contributed by atoms with van der Waals surface area (Å²) in [7, 11) is 1.91. The molecular formula is C13H15FN2S. The molecule has 4 heteroatoms. The molecular weight excluding hydrogens is 235 g/mol. The molecule has 17 heavy (non-hydrogen) atoms. The molecule has 0 bridgehead atoms. The summed E-state index contributed by atoms with van der Waals surface area (Å²) in [6.07, 6.45) is 0. The van der Waals surface area contributed by atoms with Gasteiger partial charge in [0.2, 0.25) is 0 Å². The topological polar surface area (TPSA) is 24.9 Å². The highest BCUT2D eigenvalue weighted by molar-refractivity contribution is 7.09. The Morgan fingerprint density at radius 2 is 2.12 bits per heavy atom. The SMILES string of the molecule is CNC(c1ccc(F)cc1C)c1scnc1C. The largest absolute Gasteiger partial charge is 0.309 e. The molecule has 1 aromatic carbocycles. The Balaban J connectivity index is 2.46. The maximum absolute atomic E-state index is 13.1. The Morgan fingerprint density at radius 1 is 1.35 bits per heavy atom. The van der Waals surface area contributed by atoms with Crippen molar-refractivity contribution in [2.75, 3.05) is 7.05 Å². The second-order valence-corrected chi connectivity index (χ2v) is 4.91. The monoisotopic (exact) mass is 250 g/mol. The summed E-state index contributed by atoms with van der Waals surface area (Å²) in [5.41, 5.74) is 4.92. The van der Waals surface area contributed by atoms with Crippen LogP contribution in [-0.2, 0) is 0 Å². The predicted octanol–water partition coefficient (Wildman–Crippen LogP) is 3.21. The maximum Gasteiger partial charge on any atom is 0.123 e. The lowest BCUT2D eigenvalue weighted by Gasteiger charge is -2.18. The zero-order valence-electron chi connectivity index (χ0n) is 10.1. The summed E-state index contributed by atoms with van der Waals surface area (Å²) in [6, 6.07) is 4.99. The summed E-state index contributed by atoms with van der Waals surface area (Å²) >= 11 is 1.62. The zero-order valence-corrected chi connectivity index (χ0v) is 10.9. The quantitative estimate of drug-likeness (QED) is 0.904. The minimum Gasteiger partial charge on any atom is -0.309 e. The van der Waals surface area contributed by atoms with E-state index >= 15 is 0 Å². The zero-order chi connectivity index (χ0) is 12.4. The van der Waals surface area contributed by atoms with E-state index in [2.05, 4.69) is 10.3 Å². The normalized spacial score (nSPS) is 12.7. The highest BCUT2D eigenvalue weighted by Crippen LogP contribution is 2.29. The van der Waals surface area contributed by atoms with Gasteiger partial charge in [0.15, 0.2) is 0 Å². The maximum atomic E-state index is 13.1. The van der Waals surface area contributed by atoms with E-state index in [1.54, 1.807) is 17.4 Å². The lowest BCUT2D eigenvalue weighted by Crippen LogP contribution is -2.18. The molecule has 0 saturated carbocycles. The van der Waals surface area contributed by atoms with E-state index in [4.69, 9.17) is 0 Å². The third-order valence-corrected chi connectivity index (χ3v) is 3.87. The van der Waals surface area contributed by atoms with E-state index in [0.29, 0.717) is 0 Å². The van der Waals surface area contributed by atoms with Crippen LogP contribution < -0.4 is 5.32 Å². The van der Waals surface area contributed by atoms with Crippen molar-refractivity contribution in [2.45, 2.75) is 19.9 Å². The van der Waals surface area contributed by atoms with Crippen LogP contribution in [0.3, 0.4) is 0 Å². The Bertz CT molecular complexity index is 522. The van der Waals surface area contributed by atoms with Gasteiger partial charge in [-0.05, 0) is 44.2 Å². The van der Waals surface area contributed by atoms with E-state index in [0.717, 1.165) is 16.8 Å². The molecule has 0 radical (unpaired) electrons. The number of nitrogens with zero attached hydrogens (tertiary/aromatic N) is 1. The molecule has 0 amide bonds. The van der Waals surface area contributed by atoms with E-state index in [9.17, 15) is 4.39 Å². The Hall–Kier alpha value is -1.26. The van der Waals surface area contributed by atoms with Gasteiger partial charge < -0.3 is 5.32 Å². The Labute approximate surface area is 105 Å². The van der Waals surface area contributed by atoms with Crippen molar-refractivity contribution in [3.8, 4) is 0 Å². The number of hydrogen-bond donors (Lipinski definition) is 1. The van der Waals surface area contributed by atoms with Crippen LogP contribution in [0, 0.1) is 19.7 Å². The van der Waals surface area contributed by atoms with Crippen LogP contribution in [-0.4, -0.2) is 12.0 Å². The van der Waals surface area contributed by atoms with Crippen LogP contribution in [0.4, 0.5) is 4.39 Å². The lowest BCUT2D eigenvalue weighted by molar-refractivity contribution is 0.621. The van der Waals surface area contributed by atoms with E-state index in [-0.39, 0.29) is 11.9 Å². The Morgan fingerprint density at radius 3 is 2.65 bits per heavy atom. The number of aromatic nitrogens is 1. The fourth-order valence-electron chi connectivity index (χ4n) is 1.98. The summed E-state index contributed by atoms with van der Waals surface area (Å²) in [6.45, 7) is 3.92.